The second kappa shape index (κ2) is 5.26. The highest BCUT2D eigenvalue weighted by molar-refractivity contribution is 6.33. The molecule has 3 nitrogen and oxygen atoms in total. The molecule has 0 radical (unpaired) electrons. The lowest BCUT2D eigenvalue weighted by Gasteiger charge is -2.07. The molecule has 0 aliphatic rings. The zero-order chi connectivity index (χ0) is 15.0. The topological polar surface area (TPSA) is 44.9 Å². The van der Waals surface area contributed by atoms with Gasteiger partial charge in [-0.15, -0.1) is 0 Å². The van der Waals surface area contributed by atoms with Crippen molar-refractivity contribution in [2.24, 2.45) is 0 Å². The number of hydrogen-bond acceptors (Lipinski definition) is 1. The van der Waals surface area contributed by atoms with Gasteiger partial charge in [-0.25, -0.2) is 0 Å². The maximum absolute atomic E-state index is 12.3. The van der Waals surface area contributed by atoms with E-state index in [1.165, 1.54) is 0 Å². The van der Waals surface area contributed by atoms with Crippen LogP contribution in [0, 0.1) is 13.8 Å². The quantitative estimate of drug-likeness (QED) is 0.708. The monoisotopic (exact) mass is 298 g/mol. The smallest absolute Gasteiger partial charge is 0.255 e. The Hall–Kier alpha value is -2.26. The van der Waals surface area contributed by atoms with E-state index in [-0.39, 0.29) is 5.91 Å². The van der Waals surface area contributed by atoms with Crippen LogP contribution in [0.25, 0.3) is 10.9 Å². The van der Waals surface area contributed by atoms with Crippen molar-refractivity contribution < 1.29 is 4.79 Å². The zero-order valence-corrected chi connectivity index (χ0v) is 12.6. The number of aryl methyl sites for hydroxylation is 2. The number of halogens is 1. The first-order valence-corrected chi connectivity index (χ1v) is 7.09. The van der Waals surface area contributed by atoms with E-state index in [1.807, 2.05) is 44.2 Å². The van der Waals surface area contributed by atoms with Crippen LogP contribution in [-0.4, -0.2) is 10.9 Å². The Bertz CT molecular complexity index is 836. The largest absolute Gasteiger partial charge is 0.358 e. The normalized spacial score (nSPS) is 10.8. The number of anilines is 1. The summed E-state index contributed by atoms with van der Waals surface area (Å²) in [6.45, 7) is 4.07. The number of aromatic amines is 1. The fourth-order valence-electron chi connectivity index (χ4n) is 2.36. The summed E-state index contributed by atoms with van der Waals surface area (Å²) in [6, 6.07) is 12.8. The average molecular weight is 299 g/mol. The summed E-state index contributed by atoms with van der Waals surface area (Å²) in [5.74, 6) is -0.164. The Labute approximate surface area is 127 Å². The molecule has 0 unspecified atom stereocenters. The van der Waals surface area contributed by atoms with Gasteiger partial charge in [0.15, 0.2) is 0 Å². The molecule has 4 heteroatoms. The summed E-state index contributed by atoms with van der Waals surface area (Å²) in [7, 11) is 0. The van der Waals surface area contributed by atoms with Crippen LogP contribution in [0.2, 0.25) is 5.02 Å². The maximum Gasteiger partial charge on any atom is 0.255 e. The molecule has 0 aliphatic heterocycles. The summed E-state index contributed by atoms with van der Waals surface area (Å²) in [5, 5.41) is 4.43. The molecule has 0 saturated carbocycles. The lowest BCUT2D eigenvalue weighted by Crippen LogP contribution is -2.12. The molecule has 21 heavy (non-hydrogen) atoms. The molecule has 3 aromatic rings. The number of H-pyrrole nitrogens is 1. The molecular weight excluding hydrogens is 284 g/mol. The Morgan fingerprint density at radius 3 is 2.67 bits per heavy atom. The minimum absolute atomic E-state index is 0.164. The molecule has 0 atom stereocenters. The fraction of sp³-hybridized carbons (Fsp3) is 0.118. The molecule has 1 aromatic heterocycles. The first-order chi connectivity index (χ1) is 10.1. The van der Waals surface area contributed by atoms with Gasteiger partial charge in [-0.1, -0.05) is 23.7 Å². The van der Waals surface area contributed by atoms with Crippen molar-refractivity contribution in [3.05, 3.63) is 64.3 Å². The molecule has 106 valence electrons. The van der Waals surface area contributed by atoms with Gasteiger partial charge in [0, 0.05) is 22.2 Å². The summed E-state index contributed by atoms with van der Waals surface area (Å²) >= 11 is 6.06. The number of aromatic nitrogens is 1. The number of rotatable bonds is 2. The highest BCUT2D eigenvalue weighted by Gasteiger charge is 2.11. The number of fused-ring (bicyclic) bond motifs is 1. The van der Waals surface area contributed by atoms with Gasteiger partial charge in [-0.2, -0.15) is 0 Å². The van der Waals surface area contributed by atoms with E-state index in [4.69, 9.17) is 11.6 Å². The SMILES string of the molecule is Cc1[nH]c2ccc(C(=O)Nc3ccccc3Cl)cc2c1C. The average Bonchev–Trinajstić information content (AvgIpc) is 2.76. The van der Waals surface area contributed by atoms with Crippen molar-refractivity contribution in [3.8, 4) is 0 Å². The van der Waals surface area contributed by atoms with E-state index in [1.54, 1.807) is 12.1 Å². The van der Waals surface area contributed by atoms with Crippen LogP contribution in [0.15, 0.2) is 42.5 Å². The van der Waals surface area contributed by atoms with E-state index in [2.05, 4.69) is 10.3 Å². The number of carbonyl (C=O) groups excluding carboxylic acids is 1. The van der Waals surface area contributed by atoms with Crippen molar-refractivity contribution >= 4 is 34.1 Å². The molecule has 2 N–H and O–H groups in total. The third-order valence-electron chi connectivity index (χ3n) is 3.69. The summed E-state index contributed by atoms with van der Waals surface area (Å²) in [4.78, 5) is 15.6. The van der Waals surface area contributed by atoms with Crippen LogP contribution < -0.4 is 5.32 Å². The fourth-order valence-corrected chi connectivity index (χ4v) is 2.54. The highest BCUT2D eigenvalue weighted by atomic mass is 35.5. The lowest BCUT2D eigenvalue weighted by molar-refractivity contribution is 0.102. The van der Waals surface area contributed by atoms with Gasteiger partial charge in [-0.3, -0.25) is 4.79 Å². The van der Waals surface area contributed by atoms with E-state index in [9.17, 15) is 4.79 Å². The van der Waals surface area contributed by atoms with Gasteiger partial charge in [0.2, 0.25) is 0 Å². The molecule has 0 fully saturated rings. The van der Waals surface area contributed by atoms with E-state index in [0.29, 0.717) is 16.3 Å². The number of amides is 1. The standard InChI is InChI=1S/C17H15ClN2O/c1-10-11(2)19-15-8-7-12(9-13(10)15)17(21)20-16-6-4-3-5-14(16)18/h3-9,19H,1-2H3,(H,20,21). The lowest BCUT2D eigenvalue weighted by atomic mass is 10.1. The maximum atomic E-state index is 12.3. The molecular formula is C17H15ClN2O. The minimum Gasteiger partial charge on any atom is -0.358 e. The molecule has 1 heterocycles. The van der Waals surface area contributed by atoms with Crippen LogP contribution in [0.3, 0.4) is 0 Å². The second-order valence-corrected chi connectivity index (χ2v) is 5.48. The van der Waals surface area contributed by atoms with Crippen molar-refractivity contribution in [1.82, 2.24) is 4.98 Å². The zero-order valence-electron chi connectivity index (χ0n) is 11.8. The van der Waals surface area contributed by atoms with Gasteiger partial charge in [0.05, 0.1) is 10.7 Å². The van der Waals surface area contributed by atoms with E-state index < -0.39 is 0 Å². The molecule has 0 saturated heterocycles. The summed E-state index contributed by atoms with van der Waals surface area (Å²) in [6.07, 6.45) is 0. The Morgan fingerprint density at radius 1 is 1.14 bits per heavy atom. The summed E-state index contributed by atoms with van der Waals surface area (Å²) in [5.41, 5.74) is 4.56. The van der Waals surface area contributed by atoms with Gasteiger partial charge in [0.25, 0.3) is 5.91 Å². The van der Waals surface area contributed by atoms with Gasteiger partial charge in [0.1, 0.15) is 0 Å². The molecule has 0 bridgehead atoms. The number of para-hydroxylation sites is 1. The minimum atomic E-state index is -0.164. The van der Waals surface area contributed by atoms with Crippen LogP contribution in [0.1, 0.15) is 21.6 Å². The van der Waals surface area contributed by atoms with Crippen LogP contribution in [0.5, 0.6) is 0 Å². The van der Waals surface area contributed by atoms with E-state index >= 15 is 0 Å². The summed E-state index contributed by atoms with van der Waals surface area (Å²) < 4.78 is 0. The van der Waals surface area contributed by atoms with Crippen molar-refractivity contribution in [2.45, 2.75) is 13.8 Å². The Kier molecular flexibility index (Phi) is 3.43. The van der Waals surface area contributed by atoms with Crippen LogP contribution in [-0.2, 0) is 0 Å². The Morgan fingerprint density at radius 2 is 1.90 bits per heavy atom. The van der Waals surface area contributed by atoms with Crippen molar-refractivity contribution in [3.63, 3.8) is 0 Å². The predicted molar refractivity (Wildman–Crippen MR) is 87.2 cm³/mol. The third-order valence-corrected chi connectivity index (χ3v) is 4.02. The molecule has 2 aromatic carbocycles. The molecule has 0 aliphatic carbocycles. The van der Waals surface area contributed by atoms with Gasteiger partial charge < -0.3 is 10.3 Å². The number of carbonyl (C=O) groups is 1. The van der Waals surface area contributed by atoms with Crippen LogP contribution in [0.4, 0.5) is 5.69 Å². The van der Waals surface area contributed by atoms with Crippen molar-refractivity contribution in [2.75, 3.05) is 5.32 Å². The number of hydrogen-bond donors (Lipinski definition) is 2. The third kappa shape index (κ3) is 2.52. The predicted octanol–water partition coefficient (Wildman–Crippen LogP) is 4.69. The number of nitrogens with one attached hydrogen (secondary N) is 2. The first kappa shape index (κ1) is 13.7. The first-order valence-electron chi connectivity index (χ1n) is 6.71. The van der Waals surface area contributed by atoms with Gasteiger partial charge >= 0.3 is 0 Å². The molecule has 1 amide bonds. The Balaban J connectivity index is 1.95. The molecule has 3 rings (SSSR count). The van der Waals surface area contributed by atoms with Crippen LogP contribution >= 0.6 is 11.6 Å². The van der Waals surface area contributed by atoms with Crippen molar-refractivity contribution in [1.29, 1.82) is 0 Å². The second-order valence-electron chi connectivity index (χ2n) is 5.07. The van der Waals surface area contributed by atoms with E-state index in [0.717, 1.165) is 22.2 Å². The van der Waals surface area contributed by atoms with Gasteiger partial charge in [-0.05, 0) is 49.7 Å². The highest BCUT2D eigenvalue weighted by Crippen LogP contribution is 2.24. The number of benzene rings is 2. The molecule has 0 spiro atoms.